The van der Waals surface area contributed by atoms with E-state index in [1.54, 1.807) is 13.8 Å². The van der Waals surface area contributed by atoms with Crippen LogP contribution in [0.5, 0.6) is 0 Å². The van der Waals surface area contributed by atoms with E-state index in [9.17, 15) is 19.2 Å². The predicted octanol–water partition coefficient (Wildman–Crippen LogP) is 11.4. The molecule has 0 amide bonds. The van der Waals surface area contributed by atoms with Crippen LogP contribution in [0.3, 0.4) is 0 Å². The molecule has 6 aromatic rings. The summed E-state index contributed by atoms with van der Waals surface area (Å²) in [7, 11) is 0. The van der Waals surface area contributed by atoms with Crippen molar-refractivity contribution in [2.75, 3.05) is 0 Å². The number of rotatable bonds is 12. The van der Waals surface area contributed by atoms with Crippen LogP contribution in [0.25, 0.3) is 0 Å². The van der Waals surface area contributed by atoms with E-state index in [-0.39, 0.29) is 71.2 Å². The summed E-state index contributed by atoms with van der Waals surface area (Å²) in [5, 5.41) is 0. The van der Waals surface area contributed by atoms with Gasteiger partial charge in [-0.15, -0.1) is 0 Å². The van der Waals surface area contributed by atoms with E-state index in [4.69, 9.17) is 9.47 Å². The van der Waals surface area contributed by atoms with Gasteiger partial charge in [0, 0.05) is 35.5 Å². The van der Waals surface area contributed by atoms with Crippen molar-refractivity contribution in [1.29, 1.82) is 0 Å². The molecule has 0 aliphatic heterocycles. The Bertz CT molecular complexity index is 2070. The maximum Gasteiger partial charge on any atom is 0.310 e. The minimum Gasteiger partial charge on any atom is -0.458 e. The van der Waals surface area contributed by atoms with Crippen LogP contribution in [0.2, 0.25) is 0 Å². The molecule has 2 aliphatic rings. The number of esters is 2. The fraction of sp³-hybridized carbons (Fsp3) is 0.259. The highest BCUT2D eigenvalue weighted by Crippen LogP contribution is 2.59. The Morgan fingerprint density at radius 2 is 0.567 bits per heavy atom. The van der Waals surface area contributed by atoms with Crippen molar-refractivity contribution in [2.45, 2.75) is 63.6 Å². The molecule has 0 N–H and O–H groups in total. The van der Waals surface area contributed by atoms with Crippen molar-refractivity contribution in [3.8, 4) is 0 Å². The van der Waals surface area contributed by atoms with E-state index in [1.807, 2.05) is 196 Å². The Hall–Kier alpha value is -6.40. The first-order valence-electron chi connectivity index (χ1n) is 20.9. The molecule has 8 rings (SSSR count). The van der Waals surface area contributed by atoms with E-state index in [0.29, 0.717) is 0 Å². The summed E-state index contributed by atoms with van der Waals surface area (Å²) < 4.78 is 11.8. The number of carbonyl (C=O) groups is 4. The number of hydrogen-bond donors (Lipinski definition) is 0. The third-order valence-corrected chi connectivity index (χ3v) is 12.4. The molecule has 6 heteroatoms. The smallest absolute Gasteiger partial charge is 0.310 e. The lowest BCUT2D eigenvalue weighted by Gasteiger charge is -2.50. The standard InChI is InChI=1S/2C27H26O3/c2*1-18(28)23-24(21-14-8-4-9-15-21)26(25(23)22-16-10-5-11-17-22)27(29)30-19(2)20-12-6-3-7-13-20/h2*3-17,19,23-26H,1-2H3/t19-,23?,24+,25+,26?;19-,23?,24-,25-,26?/m00/s1. The average molecular weight is 797 g/mol. The van der Waals surface area contributed by atoms with E-state index in [0.717, 1.165) is 33.4 Å². The molecular weight excluding hydrogens is 745 g/mol. The Morgan fingerprint density at radius 1 is 0.350 bits per heavy atom. The van der Waals surface area contributed by atoms with Crippen molar-refractivity contribution in [2.24, 2.45) is 23.7 Å². The van der Waals surface area contributed by atoms with Gasteiger partial charge in [-0.25, -0.2) is 0 Å². The highest BCUT2D eigenvalue weighted by molar-refractivity contribution is 5.89. The van der Waals surface area contributed by atoms with Gasteiger partial charge in [0.1, 0.15) is 23.8 Å². The number of Topliss-reactive ketones (excluding diaryl/α,β-unsaturated/α-hetero) is 2. The van der Waals surface area contributed by atoms with Crippen molar-refractivity contribution >= 4 is 23.5 Å². The fourth-order valence-electron chi connectivity index (χ4n) is 9.54. The van der Waals surface area contributed by atoms with Gasteiger partial charge in [0.05, 0.1) is 11.8 Å². The zero-order chi connectivity index (χ0) is 42.2. The van der Waals surface area contributed by atoms with E-state index >= 15 is 0 Å². The van der Waals surface area contributed by atoms with Gasteiger partial charge in [-0.3, -0.25) is 19.2 Å². The average Bonchev–Trinajstić information content (AvgIpc) is 3.25. The van der Waals surface area contributed by atoms with Crippen LogP contribution in [0.15, 0.2) is 182 Å². The maximum absolute atomic E-state index is 13.4. The molecule has 0 heterocycles. The van der Waals surface area contributed by atoms with E-state index in [1.165, 1.54) is 0 Å². The lowest BCUT2D eigenvalue weighted by Crippen LogP contribution is -2.51. The molecule has 2 aliphatic carbocycles. The first-order valence-corrected chi connectivity index (χ1v) is 20.9. The Balaban J connectivity index is 0.000000181. The van der Waals surface area contributed by atoms with Gasteiger partial charge in [-0.2, -0.15) is 0 Å². The molecule has 60 heavy (non-hydrogen) atoms. The minimum absolute atomic E-state index is 0.109. The van der Waals surface area contributed by atoms with Gasteiger partial charge in [0.15, 0.2) is 0 Å². The van der Waals surface area contributed by atoms with Crippen LogP contribution in [0, 0.1) is 23.7 Å². The largest absolute Gasteiger partial charge is 0.458 e. The number of ketones is 2. The monoisotopic (exact) mass is 796 g/mol. The SMILES string of the molecule is CC(=O)C1[C@@H](c2ccccc2)C(C(=O)O[C@@H](C)c2ccccc2)[C@@H]1c1ccccc1.CC(=O)C1[C@H](c2ccccc2)C(C(=O)O[C@@H](C)c2ccccc2)[C@H]1c1ccccc1. The number of carbonyl (C=O) groups excluding carboxylic acids is 4. The third kappa shape index (κ3) is 8.93. The summed E-state index contributed by atoms with van der Waals surface area (Å²) in [5.41, 5.74) is 5.97. The van der Waals surface area contributed by atoms with Crippen molar-refractivity contribution in [1.82, 2.24) is 0 Å². The van der Waals surface area contributed by atoms with E-state index < -0.39 is 11.8 Å². The zero-order valence-corrected chi connectivity index (χ0v) is 34.5. The lowest BCUT2D eigenvalue weighted by molar-refractivity contribution is -0.164. The summed E-state index contributed by atoms with van der Waals surface area (Å²) in [5.74, 6) is -2.24. The first kappa shape index (κ1) is 41.7. The molecule has 0 bridgehead atoms. The van der Waals surface area contributed by atoms with Gasteiger partial charge < -0.3 is 9.47 Å². The predicted molar refractivity (Wildman–Crippen MR) is 234 cm³/mol. The van der Waals surface area contributed by atoms with Crippen LogP contribution in [-0.4, -0.2) is 23.5 Å². The van der Waals surface area contributed by atoms with Gasteiger partial charge in [-0.1, -0.05) is 182 Å². The number of hydrogen-bond acceptors (Lipinski definition) is 6. The van der Waals surface area contributed by atoms with Crippen LogP contribution < -0.4 is 0 Å². The highest BCUT2D eigenvalue weighted by Gasteiger charge is 2.59. The molecule has 6 nitrogen and oxygen atoms in total. The number of ether oxygens (including phenoxy) is 2. The molecule has 0 unspecified atom stereocenters. The van der Waals surface area contributed by atoms with Crippen molar-refractivity contribution in [3.63, 3.8) is 0 Å². The molecule has 0 aromatic heterocycles. The summed E-state index contributed by atoms with van der Waals surface area (Å²) in [6.07, 6.45) is -0.689. The van der Waals surface area contributed by atoms with Crippen molar-refractivity contribution in [3.05, 3.63) is 215 Å². The topological polar surface area (TPSA) is 86.7 Å². The van der Waals surface area contributed by atoms with Crippen molar-refractivity contribution < 1.29 is 28.7 Å². The summed E-state index contributed by atoms with van der Waals surface area (Å²) in [6, 6.07) is 58.9. The second kappa shape index (κ2) is 19.1. The molecular formula is C54H52O6. The molecule has 2 fully saturated rings. The lowest BCUT2D eigenvalue weighted by atomic mass is 9.51. The van der Waals surface area contributed by atoms with Crippen LogP contribution in [-0.2, 0) is 28.7 Å². The summed E-state index contributed by atoms with van der Waals surface area (Å²) in [6.45, 7) is 7.04. The number of benzene rings is 6. The summed E-state index contributed by atoms with van der Waals surface area (Å²) in [4.78, 5) is 52.1. The minimum atomic E-state index is -0.394. The molecule has 2 saturated carbocycles. The summed E-state index contributed by atoms with van der Waals surface area (Å²) >= 11 is 0. The van der Waals surface area contributed by atoms with Gasteiger partial charge in [0.2, 0.25) is 0 Å². The Morgan fingerprint density at radius 3 is 0.783 bits per heavy atom. The normalized spacial score (nSPS) is 23.8. The van der Waals surface area contributed by atoms with Gasteiger partial charge >= 0.3 is 11.9 Å². The molecule has 0 radical (unpaired) electrons. The van der Waals surface area contributed by atoms with E-state index in [2.05, 4.69) is 0 Å². The highest BCUT2D eigenvalue weighted by atomic mass is 16.5. The van der Waals surface area contributed by atoms with Crippen LogP contribution in [0.1, 0.15) is 97.0 Å². The molecule has 0 saturated heterocycles. The second-order valence-corrected chi connectivity index (χ2v) is 16.0. The third-order valence-electron chi connectivity index (χ3n) is 12.4. The second-order valence-electron chi connectivity index (χ2n) is 16.0. The quantitative estimate of drug-likeness (QED) is 0.115. The maximum atomic E-state index is 13.4. The Kier molecular flexibility index (Phi) is 13.3. The van der Waals surface area contributed by atoms with Crippen LogP contribution in [0.4, 0.5) is 0 Å². The molecule has 6 aromatic carbocycles. The Labute approximate surface area is 353 Å². The zero-order valence-electron chi connectivity index (χ0n) is 34.5. The van der Waals surface area contributed by atoms with Gasteiger partial charge in [-0.05, 0) is 61.1 Å². The van der Waals surface area contributed by atoms with Crippen LogP contribution >= 0.6 is 0 Å². The fourth-order valence-corrected chi connectivity index (χ4v) is 9.54. The molecule has 304 valence electrons. The molecule has 0 spiro atoms. The molecule has 6 atom stereocenters. The first-order chi connectivity index (χ1) is 29.2. The van der Waals surface area contributed by atoms with Gasteiger partial charge in [0.25, 0.3) is 0 Å².